The van der Waals surface area contributed by atoms with Crippen LogP contribution in [-0.2, 0) is 0 Å². The average Bonchev–Trinajstić information content (AvgIpc) is 3.45. The van der Waals surface area contributed by atoms with E-state index >= 15 is 0 Å². The average molecular weight is 592 g/mol. The van der Waals surface area contributed by atoms with Gasteiger partial charge in [-0.05, 0) is 76.2 Å². The molecule has 0 aliphatic heterocycles. The number of para-hydroxylation sites is 1. The minimum Gasteiger partial charge on any atom is -0.349 e. The number of hydrogen-bond acceptors (Lipinski definition) is 7. The van der Waals surface area contributed by atoms with Gasteiger partial charge in [0.25, 0.3) is 11.5 Å². The highest BCUT2D eigenvalue weighted by molar-refractivity contribution is 6.37. The van der Waals surface area contributed by atoms with Gasteiger partial charge < -0.3 is 15.5 Å². The normalized spacial score (nSPS) is 17.3. The highest BCUT2D eigenvalue weighted by Gasteiger charge is 2.24. The molecule has 3 aromatic heterocycles. The number of anilines is 2. The fourth-order valence-corrected chi connectivity index (χ4v) is 5.92. The second kappa shape index (κ2) is 11.1. The third-order valence-corrected chi connectivity index (χ3v) is 8.19. The van der Waals surface area contributed by atoms with Crippen molar-refractivity contribution in [3.8, 4) is 5.69 Å². The molecule has 1 fully saturated rings. The van der Waals surface area contributed by atoms with Gasteiger partial charge in [-0.1, -0.05) is 29.3 Å². The molecule has 41 heavy (non-hydrogen) atoms. The molecule has 2 N–H and O–H groups in total. The standard InChI is InChI=1S/C29H28Cl2N8O2/c1-37(2)20-12-10-18(11-13-20)34-26(40)17-6-8-19(9-7-17)35-28-33-16-21-25(36-28)38-15-14-32-29(38)39(27(21)41)24-22(30)4-3-5-23(24)31/h3-9,14-16,18,20H,10-13H2,1-2H3,(H,34,40)(H,33,35,36). The quantitative estimate of drug-likeness (QED) is 0.284. The first-order chi connectivity index (χ1) is 19.8. The molecule has 0 unspecified atom stereocenters. The molecule has 0 bridgehead atoms. The van der Waals surface area contributed by atoms with Gasteiger partial charge in [-0.25, -0.2) is 14.5 Å². The van der Waals surface area contributed by atoms with Crippen molar-refractivity contribution in [1.82, 2.24) is 34.1 Å². The zero-order valence-electron chi connectivity index (χ0n) is 22.5. The Morgan fingerprint density at radius 3 is 2.39 bits per heavy atom. The lowest BCUT2D eigenvalue weighted by atomic mass is 9.90. The van der Waals surface area contributed by atoms with E-state index in [1.54, 1.807) is 59.3 Å². The topological polar surface area (TPSA) is 109 Å². The van der Waals surface area contributed by atoms with Crippen molar-refractivity contribution in [3.05, 3.63) is 87.0 Å². The molecule has 0 atom stereocenters. The molecule has 3 heterocycles. The Bertz CT molecular complexity index is 1790. The predicted octanol–water partition coefficient (Wildman–Crippen LogP) is 5.08. The van der Waals surface area contributed by atoms with Crippen LogP contribution in [0.3, 0.4) is 0 Å². The zero-order chi connectivity index (χ0) is 28.7. The lowest BCUT2D eigenvalue weighted by molar-refractivity contribution is 0.0916. The van der Waals surface area contributed by atoms with Crippen LogP contribution in [0.15, 0.2) is 65.8 Å². The maximum Gasteiger partial charge on any atom is 0.270 e. The van der Waals surface area contributed by atoms with Gasteiger partial charge in [0.15, 0.2) is 5.65 Å². The minimum atomic E-state index is -0.397. The third kappa shape index (κ3) is 5.26. The monoisotopic (exact) mass is 590 g/mol. The summed E-state index contributed by atoms with van der Waals surface area (Å²) in [7, 11) is 4.21. The van der Waals surface area contributed by atoms with Crippen molar-refractivity contribution in [1.29, 1.82) is 0 Å². The molecular formula is C29H28Cl2N8O2. The van der Waals surface area contributed by atoms with Gasteiger partial charge in [0.05, 0.1) is 15.7 Å². The van der Waals surface area contributed by atoms with Crippen LogP contribution in [-0.4, -0.2) is 60.9 Å². The van der Waals surface area contributed by atoms with Crippen LogP contribution in [0.1, 0.15) is 36.0 Å². The van der Waals surface area contributed by atoms with Crippen molar-refractivity contribution in [3.63, 3.8) is 0 Å². The number of carbonyl (C=O) groups excluding carboxylic acids is 1. The molecule has 12 heteroatoms. The van der Waals surface area contributed by atoms with E-state index in [2.05, 4.69) is 44.6 Å². The Morgan fingerprint density at radius 2 is 1.71 bits per heavy atom. The number of carbonyl (C=O) groups is 1. The third-order valence-electron chi connectivity index (χ3n) is 7.58. The Morgan fingerprint density at radius 1 is 1.00 bits per heavy atom. The fraction of sp³-hybridized carbons (Fsp3) is 0.276. The fourth-order valence-electron chi connectivity index (χ4n) is 5.35. The van der Waals surface area contributed by atoms with Crippen molar-refractivity contribution < 1.29 is 4.79 Å². The summed E-state index contributed by atoms with van der Waals surface area (Å²) in [5, 5.41) is 7.22. The SMILES string of the molecule is CN(C)C1CCC(NC(=O)c2ccc(Nc3ncc4c(=O)n(-c5c(Cl)cccc5Cl)c5nccn5c4n3)cc2)CC1. The Kier molecular flexibility index (Phi) is 7.37. The second-order valence-corrected chi connectivity index (χ2v) is 11.2. The summed E-state index contributed by atoms with van der Waals surface area (Å²) in [5.41, 5.74) is 1.60. The summed E-state index contributed by atoms with van der Waals surface area (Å²) in [4.78, 5) is 42.0. The van der Waals surface area contributed by atoms with Gasteiger partial charge in [0.1, 0.15) is 5.39 Å². The van der Waals surface area contributed by atoms with Crippen molar-refractivity contribution in [2.24, 2.45) is 0 Å². The van der Waals surface area contributed by atoms with E-state index in [9.17, 15) is 9.59 Å². The van der Waals surface area contributed by atoms with E-state index in [1.807, 2.05) is 0 Å². The minimum absolute atomic E-state index is 0.0794. The number of hydrogen-bond donors (Lipinski definition) is 2. The number of fused-ring (bicyclic) bond motifs is 3. The first-order valence-electron chi connectivity index (χ1n) is 13.3. The number of nitrogens with one attached hydrogen (secondary N) is 2. The van der Waals surface area contributed by atoms with E-state index in [0.29, 0.717) is 44.5 Å². The summed E-state index contributed by atoms with van der Waals surface area (Å²) >= 11 is 12.8. The largest absolute Gasteiger partial charge is 0.349 e. The van der Waals surface area contributed by atoms with E-state index in [0.717, 1.165) is 25.7 Å². The molecule has 1 aliphatic carbocycles. The van der Waals surface area contributed by atoms with E-state index in [4.69, 9.17) is 23.2 Å². The van der Waals surface area contributed by atoms with Gasteiger partial charge in [0.2, 0.25) is 11.7 Å². The molecule has 10 nitrogen and oxygen atoms in total. The predicted molar refractivity (Wildman–Crippen MR) is 161 cm³/mol. The molecule has 2 aromatic carbocycles. The number of nitrogens with zero attached hydrogens (tertiary/aromatic N) is 6. The lowest BCUT2D eigenvalue weighted by Crippen LogP contribution is -2.41. The van der Waals surface area contributed by atoms with Crippen molar-refractivity contribution >= 4 is 57.6 Å². The molecule has 0 saturated heterocycles. The molecule has 5 aromatic rings. The number of imidazole rings is 1. The van der Waals surface area contributed by atoms with Crippen LogP contribution in [0, 0.1) is 0 Å². The molecule has 6 rings (SSSR count). The highest BCUT2D eigenvalue weighted by atomic mass is 35.5. The maximum atomic E-state index is 13.6. The summed E-state index contributed by atoms with van der Waals surface area (Å²) in [6.45, 7) is 0. The van der Waals surface area contributed by atoms with Crippen LogP contribution < -0.4 is 16.2 Å². The molecule has 0 spiro atoms. The number of amides is 1. The molecule has 210 valence electrons. The smallest absolute Gasteiger partial charge is 0.270 e. The van der Waals surface area contributed by atoms with Crippen LogP contribution in [0.25, 0.3) is 22.5 Å². The number of benzene rings is 2. The van der Waals surface area contributed by atoms with Crippen LogP contribution in [0.2, 0.25) is 10.0 Å². The molecule has 1 amide bonds. The summed E-state index contributed by atoms with van der Waals surface area (Å²) in [6.07, 6.45) is 8.86. The number of halogens is 2. The first kappa shape index (κ1) is 27.2. The Hall–Kier alpha value is -3.99. The molecule has 1 aliphatic rings. The van der Waals surface area contributed by atoms with Crippen LogP contribution >= 0.6 is 23.2 Å². The molecule has 1 saturated carbocycles. The first-order valence-corrected chi connectivity index (χ1v) is 14.1. The van der Waals surface area contributed by atoms with Gasteiger partial charge >= 0.3 is 0 Å². The van der Waals surface area contributed by atoms with E-state index < -0.39 is 5.56 Å². The van der Waals surface area contributed by atoms with Crippen molar-refractivity contribution in [2.75, 3.05) is 19.4 Å². The summed E-state index contributed by atoms with van der Waals surface area (Å²) in [6, 6.07) is 12.9. The van der Waals surface area contributed by atoms with Gasteiger partial charge in [-0.2, -0.15) is 4.98 Å². The Labute approximate surface area is 246 Å². The molecular weight excluding hydrogens is 563 g/mol. The van der Waals surface area contributed by atoms with Gasteiger partial charge in [-0.3, -0.25) is 14.0 Å². The van der Waals surface area contributed by atoms with Crippen molar-refractivity contribution in [2.45, 2.75) is 37.8 Å². The van der Waals surface area contributed by atoms with E-state index in [-0.39, 0.29) is 23.3 Å². The lowest BCUT2D eigenvalue weighted by Gasteiger charge is -2.33. The number of rotatable bonds is 6. The highest BCUT2D eigenvalue weighted by Crippen LogP contribution is 2.29. The van der Waals surface area contributed by atoms with Gasteiger partial charge in [0, 0.05) is 41.9 Å². The van der Waals surface area contributed by atoms with Crippen LogP contribution in [0.4, 0.5) is 11.6 Å². The van der Waals surface area contributed by atoms with E-state index in [1.165, 1.54) is 10.8 Å². The maximum absolute atomic E-state index is 13.6. The van der Waals surface area contributed by atoms with Crippen LogP contribution in [0.5, 0.6) is 0 Å². The summed E-state index contributed by atoms with van der Waals surface area (Å²) < 4.78 is 3.05. The second-order valence-electron chi connectivity index (χ2n) is 10.4. The zero-order valence-corrected chi connectivity index (χ0v) is 24.0. The van der Waals surface area contributed by atoms with Gasteiger partial charge in [-0.15, -0.1) is 0 Å². The Balaban J connectivity index is 1.23. The number of aromatic nitrogens is 5. The molecule has 0 radical (unpaired) electrons. The summed E-state index contributed by atoms with van der Waals surface area (Å²) in [5.74, 6) is 0.521.